The minimum Gasteiger partial charge on any atom is -0.481 e. The van der Waals surface area contributed by atoms with Gasteiger partial charge >= 0.3 is 0 Å². The summed E-state index contributed by atoms with van der Waals surface area (Å²) in [6.07, 6.45) is 5.28. The summed E-state index contributed by atoms with van der Waals surface area (Å²) in [7, 11) is 3.24. The summed E-state index contributed by atoms with van der Waals surface area (Å²) >= 11 is 0. The van der Waals surface area contributed by atoms with E-state index in [9.17, 15) is 4.79 Å². The number of pyridine rings is 1. The van der Waals surface area contributed by atoms with E-state index in [1.807, 2.05) is 4.90 Å². The van der Waals surface area contributed by atoms with E-state index in [-0.39, 0.29) is 17.6 Å². The monoisotopic (exact) mass is 364 g/mol. The first-order valence-electron chi connectivity index (χ1n) is 9.19. The molecule has 3 rings (SSSR count). The van der Waals surface area contributed by atoms with Gasteiger partial charge in [-0.3, -0.25) is 4.79 Å². The van der Waals surface area contributed by atoms with Crippen LogP contribution in [0.15, 0.2) is 18.3 Å². The molecule has 1 aromatic rings. The van der Waals surface area contributed by atoms with Gasteiger partial charge in [-0.2, -0.15) is 0 Å². The van der Waals surface area contributed by atoms with Crippen molar-refractivity contribution in [1.82, 2.24) is 9.88 Å². The topological polar surface area (TPSA) is 70.1 Å². The standard InChI is InChI=1S/C19H28N2O5/c1-23-11-12-25-16-5-10-26-19(13-16)6-8-21(9-7-19)18(22)15-3-4-17(24-2)20-14-15/h3-4,14,16H,5-13H2,1-2H3. The highest BCUT2D eigenvalue weighted by atomic mass is 16.5. The maximum absolute atomic E-state index is 12.7. The molecule has 1 aromatic heterocycles. The van der Waals surface area contributed by atoms with Gasteiger partial charge in [-0.25, -0.2) is 4.98 Å². The maximum atomic E-state index is 12.7. The van der Waals surface area contributed by atoms with Crippen molar-refractivity contribution < 1.29 is 23.7 Å². The first-order chi connectivity index (χ1) is 12.7. The van der Waals surface area contributed by atoms with Crippen LogP contribution in [0.25, 0.3) is 0 Å². The van der Waals surface area contributed by atoms with Crippen LogP contribution in [0.1, 0.15) is 36.0 Å². The van der Waals surface area contributed by atoms with Gasteiger partial charge in [0.2, 0.25) is 5.88 Å². The molecule has 26 heavy (non-hydrogen) atoms. The van der Waals surface area contributed by atoms with E-state index < -0.39 is 0 Å². The van der Waals surface area contributed by atoms with Crippen LogP contribution >= 0.6 is 0 Å². The molecule has 7 nitrogen and oxygen atoms in total. The van der Waals surface area contributed by atoms with E-state index in [1.165, 1.54) is 0 Å². The highest BCUT2D eigenvalue weighted by Crippen LogP contribution is 2.36. The number of hydrogen-bond acceptors (Lipinski definition) is 6. The van der Waals surface area contributed by atoms with Crippen molar-refractivity contribution >= 4 is 5.91 Å². The first-order valence-corrected chi connectivity index (χ1v) is 9.19. The van der Waals surface area contributed by atoms with Crippen molar-refractivity contribution in [3.8, 4) is 5.88 Å². The molecule has 2 fully saturated rings. The zero-order valence-electron chi connectivity index (χ0n) is 15.6. The Kier molecular flexibility index (Phi) is 6.45. The van der Waals surface area contributed by atoms with E-state index in [4.69, 9.17) is 18.9 Å². The molecule has 0 aliphatic carbocycles. The summed E-state index contributed by atoms with van der Waals surface area (Å²) < 4.78 is 22.1. The lowest BCUT2D eigenvalue weighted by molar-refractivity contribution is -0.154. The number of rotatable bonds is 6. The first kappa shape index (κ1) is 19.1. The molecule has 0 radical (unpaired) electrons. The van der Waals surface area contributed by atoms with E-state index in [0.29, 0.717) is 44.4 Å². The smallest absolute Gasteiger partial charge is 0.255 e. The predicted molar refractivity (Wildman–Crippen MR) is 95.5 cm³/mol. The van der Waals surface area contributed by atoms with Gasteiger partial charge in [0, 0.05) is 45.5 Å². The Balaban J connectivity index is 1.53. The van der Waals surface area contributed by atoms with Crippen molar-refractivity contribution in [2.45, 2.75) is 37.4 Å². The fourth-order valence-corrected chi connectivity index (χ4v) is 3.70. The number of methoxy groups -OCH3 is 2. The summed E-state index contributed by atoms with van der Waals surface area (Å²) in [5, 5.41) is 0. The van der Waals surface area contributed by atoms with Crippen LogP contribution in [0, 0.1) is 0 Å². The van der Waals surface area contributed by atoms with Gasteiger partial charge in [0.15, 0.2) is 0 Å². The third-order valence-corrected chi connectivity index (χ3v) is 5.24. The Morgan fingerprint density at radius 2 is 2.12 bits per heavy atom. The van der Waals surface area contributed by atoms with E-state index >= 15 is 0 Å². The van der Waals surface area contributed by atoms with Crippen molar-refractivity contribution in [2.75, 3.05) is 47.1 Å². The molecule has 2 saturated heterocycles. The van der Waals surface area contributed by atoms with Gasteiger partial charge in [-0.05, 0) is 25.3 Å². The Hall–Kier alpha value is -1.70. The van der Waals surface area contributed by atoms with Crippen molar-refractivity contribution in [3.05, 3.63) is 23.9 Å². The molecule has 0 N–H and O–H groups in total. The van der Waals surface area contributed by atoms with Crippen LogP contribution in [0.5, 0.6) is 5.88 Å². The number of likely N-dealkylation sites (tertiary alicyclic amines) is 1. The zero-order chi connectivity index (χ0) is 18.4. The van der Waals surface area contributed by atoms with Crippen molar-refractivity contribution in [2.24, 2.45) is 0 Å². The van der Waals surface area contributed by atoms with Gasteiger partial charge in [-0.15, -0.1) is 0 Å². The normalized spacial score (nSPS) is 22.4. The number of carbonyl (C=O) groups is 1. The molecule has 0 aromatic carbocycles. The third-order valence-electron chi connectivity index (χ3n) is 5.24. The molecular formula is C19H28N2O5. The van der Waals surface area contributed by atoms with Crippen LogP contribution < -0.4 is 4.74 Å². The van der Waals surface area contributed by atoms with Crippen LogP contribution in [-0.4, -0.2) is 74.6 Å². The summed E-state index contributed by atoms with van der Waals surface area (Å²) in [6, 6.07) is 3.47. The molecule has 1 amide bonds. The molecule has 0 bridgehead atoms. The molecule has 144 valence electrons. The number of aromatic nitrogens is 1. The lowest BCUT2D eigenvalue weighted by Gasteiger charge is -2.46. The minimum absolute atomic E-state index is 0.0127. The number of carbonyl (C=O) groups excluding carboxylic acids is 1. The van der Waals surface area contributed by atoms with Crippen LogP contribution in [0.3, 0.4) is 0 Å². The zero-order valence-corrected chi connectivity index (χ0v) is 15.6. The lowest BCUT2D eigenvalue weighted by atomic mass is 9.83. The molecule has 1 unspecified atom stereocenters. The summed E-state index contributed by atoms with van der Waals surface area (Å²) in [5.41, 5.74) is 0.428. The summed E-state index contributed by atoms with van der Waals surface area (Å²) in [6.45, 7) is 3.33. The van der Waals surface area contributed by atoms with Gasteiger partial charge in [0.25, 0.3) is 5.91 Å². The largest absolute Gasteiger partial charge is 0.481 e. The second-order valence-corrected chi connectivity index (χ2v) is 6.89. The molecule has 1 spiro atoms. The molecule has 7 heteroatoms. The Bertz CT molecular complexity index is 584. The number of piperidine rings is 1. The molecular weight excluding hydrogens is 336 g/mol. The molecule has 3 heterocycles. The molecule has 0 saturated carbocycles. The number of nitrogens with zero attached hydrogens (tertiary/aromatic N) is 2. The van der Waals surface area contributed by atoms with Crippen LogP contribution in [0.4, 0.5) is 0 Å². The van der Waals surface area contributed by atoms with Crippen molar-refractivity contribution in [3.63, 3.8) is 0 Å². The van der Waals surface area contributed by atoms with Crippen LogP contribution in [-0.2, 0) is 14.2 Å². The fraction of sp³-hybridized carbons (Fsp3) is 0.684. The second kappa shape index (κ2) is 8.79. The second-order valence-electron chi connectivity index (χ2n) is 6.89. The van der Waals surface area contributed by atoms with Gasteiger partial charge in [-0.1, -0.05) is 0 Å². The quantitative estimate of drug-likeness (QED) is 0.718. The molecule has 1 atom stereocenters. The third kappa shape index (κ3) is 4.52. The Morgan fingerprint density at radius 3 is 2.77 bits per heavy atom. The molecule has 2 aliphatic heterocycles. The highest BCUT2D eigenvalue weighted by Gasteiger charge is 2.41. The number of ether oxygens (including phenoxy) is 4. The maximum Gasteiger partial charge on any atom is 0.255 e. The van der Waals surface area contributed by atoms with E-state index in [1.54, 1.807) is 32.5 Å². The fourth-order valence-electron chi connectivity index (χ4n) is 3.70. The average Bonchev–Trinajstić information content (AvgIpc) is 2.68. The van der Waals surface area contributed by atoms with Gasteiger partial charge in [0.1, 0.15) is 0 Å². The van der Waals surface area contributed by atoms with Gasteiger partial charge in [0.05, 0.1) is 37.6 Å². The lowest BCUT2D eigenvalue weighted by Crippen LogP contribution is -2.52. The van der Waals surface area contributed by atoms with Crippen LogP contribution in [0.2, 0.25) is 0 Å². The van der Waals surface area contributed by atoms with E-state index in [2.05, 4.69) is 4.98 Å². The number of hydrogen-bond donors (Lipinski definition) is 0. The Labute approximate surface area is 154 Å². The highest BCUT2D eigenvalue weighted by molar-refractivity contribution is 5.94. The number of amides is 1. The summed E-state index contributed by atoms with van der Waals surface area (Å²) in [4.78, 5) is 18.7. The SMILES string of the molecule is COCCOC1CCOC2(CCN(C(=O)c3ccc(OC)nc3)CC2)C1. The predicted octanol–water partition coefficient (Wildman–Crippen LogP) is 1.91. The molecule has 2 aliphatic rings. The van der Waals surface area contributed by atoms with Gasteiger partial charge < -0.3 is 23.8 Å². The minimum atomic E-state index is -0.162. The van der Waals surface area contributed by atoms with Crippen molar-refractivity contribution in [1.29, 1.82) is 0 Å². The Morgan fingerprint density at radius 1 is 1.31 bits per heavy atom. The van der Waals surface area contributed by atoms with E-state index in [0.717, 1.165) is 25.7 Å². The summed E-state index contributed by atoms with van der Waals surface area (Å²) in [5.74, 6) is 0.521. The average molecular weight is 364 g/mol.